The van der Waals surface area contributed by atoms with E-state index in [4.69, 9.17) is 4.74 Å². The molecule has 1 N–H and O–H groups in total. The first-order chi connectivity index (χ1) is 10.9. The van der Waals surface area contributed by atoms with E-state index < -0.39 is 29.9 Å². The maximum absolute atomic E-state index is 12.6. The van der Waals surface area contributed by atoms with Gasteiger partial charge in [0.2, 0.25) is 5.91 Å². The van der Waals surface area contributed by atoms with Gasteiger partial charge in [0.1, 0.15) is 12.5 Å². The molecule has 23 heavy (non-hydrogen) atoms. The van der Waals surface area contributed by atoms with Gasteiger partial charge in [0, 0.05) is 0 Å². The van der Waals surface area contributed by atoms with Crippen molar-refractivity contribution >= 4 is 18.0 Å². The van der Waals surface area contributed by atoms with Crippen LogP contribution in [0.2, 0.25) is 0 Å². The van der Waals surface area contributed by atoms with Gasteiger partial charge < -0.3 is 9.84 Å². The summed E-state index contributed by atoms with van der Waals surface area (Å²) in [4.78, 5) is 36.9. The zero-order valence-electron chi connectivity index (χ0n) is 13.3. The molecule has 1 aliphatic heterocycles. The zero-order chi connectivity index (χ0) is 17.0. The number of carbonyl (C=O) groups excluding carboxylic acids is 2. The molecule has 1 aromatic rings. The van der Waals surface area contributed by atoms with Gasteiger partial charge in [-0.05, 0) is 24.3 Å². The Bertz CT molecular complexity index is 584. The van der Waals surface area contributed by atoms with Crippen LogP contribution in [-0.4, -0.2) is 40.6 Å². The number of carboxylic acids is 1. The minimum atomic E-state index is -1.22. The van der Waals surface area contributed by atoms with E-state index in [0.717, 1.165) is 10.5 Å². The number of benzene rings is 1. The first-order valence-electron chi connectivity index (χ1n) is 7.66. The summed E-state index contributed by atoms with van der Waals surface area (Å²) in [5, 5.41) is 9.32. The van der Waals surface area contributed by atoms with Gasteiger partial charge in [-0.1, -0.05) is 44.2 Å². The van der Waals surface area contributed by atoms with Crippen LogP contribution in [0.5, 0.6) is 0 Å². The molecule has 1 aromatic carbocycles. The van der Waals surface area contributed by atoms with Crippen molar-refractivity contribution in [2.24, 2.45) is 11.8 Å². The smallest absolute Gasteiger partial charge is 0.417 e. The Kier molecular flexibility index (Phi) is 5.36. The van der Waals surface area contributed by atoms with Gasteiger partial charge >= 0.3 is 12.1 Å². The minimum absolute atomic E-state index is 0.0336. The molecule has 0 radical (unpaired) electrons. The van der Waals surface area contributed by atoms with E-state index in [1.54, 1.807) is 0 Å². The molecule has 1 aliphatic rings. The Morgan fingerprint density at radius 3 is 2.52 bits per heavy atom. The molecule has 0 bridgehead atoms. The summed E-state index contributed by atoms with van der Waals surface area (Å²) in [6.07, 6.45) is -0.117. The molecule has 0 saturated carbocycles. The van der Waals surface area contributed by atoms with Crippen molar-refractivity contribution in [3.8, 4) is 0 Å². The Morgan fingerprint density at radius 2 is 1.96 bits per heavy atom. The van der Waals surface area contributed by atoms with Crippen LogP contribution in [0.25, 0.3) is 0 Å². The third-order valence-corrected chi connectivity index (χ3v) is 3.82. The van der Waals surface area contributed by atoms with Crippen molar-refractivity contribution in [2.45, 2.75) is 32.7 Å². The Labute approximate surface area is 135 Å². The summed E-state index contributed by atoms with van der Waals surface area (Å²) in [5.41, 5.74) is 0.962. The van der Waals surface area contributed by atoms with Crippen LogP contribution in [0, 0.1) is 11.8 Å². The highest BCUT2D eigenvalue weighted by Crippen LogP contribution is 2.23. The largest absolute Gasteiger partial charge is 0.481 e. The summed E-state index contributed by atoms with van der Waals surface area (Å²) in [6, 6.07) is 8.95. The second-order valence-corrected chi connectivity index (χ2v) is 6.15. The third kappa shape index (κ3) is 4.09. The number of nitrogens with zero attached hydrogens (tertiary/aromatic N) is 1. The van der Waals surface area contributed by atoms with Crippen LogP contribution in [0.15, 0.2) is 30.3 Å². The van der Waals surface area contributed by atoms with Crippen LogP contribution in [0.3, 0.4) is 0 Å². The van der Waals surface area contributed by atoms with Crippen molar-refractivity contribution in [3.05, 3.63) is 35.9 Å². The van der Waals surface area contributed by atoms with Crippen LogP contribution in [0.4, 0.5) is 4.79 Å². The first kappa shape index (κ1) is 17.0. The molecule has 0 aliphatic carbocycles. The number of amides is 2. The molecule has 0 spiro atoms. The van der Waals surface area contributed by atoms with Gasteiger partial charge in [-0.3, -0.25) is 9.59 Å². The van der Waals surface area contributed by atoms with Gasteiger partial charge in [-0.2, -0.15) is 0 Å². The van der Waals surface area contributed by atoms with Crippen molar-refractivity contribution < 1.29 is 24.2 Å². The third-order valence-electron chi connectivity index (χ3n) is 3.82. The molecule has 1 heterocycles. The SMILES string of the molecule is CC(C)CC(C(=O)O)C(=O)N1C(=O)OC[C@H]1Cc1ccccc1. The monoisotopic (exact) mass is 319 g/mol. The highest BCUT2D eigenvalue weighted by atomic mass is 16.6. The number of rotatable bonds is 6. The van der Waals surface area contributed by atoms with Gasteiger partial charge in [0.05, 0.1) is 6.04 Å². The van der Waals surface area contributed by atoms with E-state index in [-0.39, 0.29) is 18.9 Å². The minimum Gasteiger partial charge on any atom is -0.481 e. The molecular formula is C17H21NO5. The summed E-state index contributed by atoms with van der Waals surface area (Å²) >= 11 is 0. The molecule has 2 rings (SSSR count). The molecule has 2 amide bonds. The topological polar surface area (TPSA) is 83.9 Å². The van der Waals surface area contributed by atoms with Crippen LogP contribution < -0.4 is 0 Å². The van der Waals surface area contributed by atoms with E-state index in [9.17, 15) is 19.5 Å². The number of ether oxygens (including phenoxy) is 1. The van der Waals surface area contributed by atoms with E-state index in [1.165, 1.54) is 0 Å². The number of carbonyl (C=O) groups is 3. The average Bonchev–Trinajstić information content (AvgIpc) is 2.85. The first-order valence-corrected chi connectivity index (χ1v) is 7.66. The fourth-order valence-corrected chi connectivity index (χ4v) is 2.71. The molecule has 124 valence electrons. The summed E-state index contributed by atoms with van der Waals surface area (Å²) in [7, 11) is 0. The molecule has 1 unspecified atom stereocenters. The number of hydrogen-bond donors (Lipinski definition) is 1. The Morgan fingerprint density at radius 1 is 1.30 bits per heavy atom. The fourth-order valence-electron chi connectivity index (χ4n) is 2.71. The summed E-state index contributed by atoms with van der Waals surface area (Å²) < 4.78 is 4.98. The molecular weight excluding hydrogens is 298 g/mol. The lowest BCUT2D eigenvalue weighted by Crippen LogP contribution is -2.46. The predicted molar refractivity (Wildman–Crippen MR) is 82.7 cm³/mol. The second-order valence-electron chi connectivity index (χ2n) is 6.15. The van der Waals surface area contributed by atoms with Gasteiger partial charge in [-0.15, -0.1) is 0 Å². The lowest BCUT2D eigenvalue weighted by Gasteiger charge is -2.23. The Balaban J connectivity index is 2.17. The van der Waals surface area contributed by atoms with Crippen molar-refractivity contribution in [1.82, 2.24) is 4.90 Å². The van der Waals surface area contributed by atoms with Crippen molar-refractivity contribution in [2.75, 3.05) is 6.61 Å². The van der Waals surface area contributed by atoms with E-state index in [0.29, 0.717) is 6.42 Å². The maximum atomic E-state index is 12.6. The van der Waals surface area contributed by atoms with Crippen molar-refractivity contribution in [1.29, 1.82) is 0 Å². The van der Waals surface area contributed by atoms with Crippen molar-refractivity contribution in [3.63, 3.8) is 0 Å². The standard InChI is InChI=1S/C17H21NO5/c1-11(2)8-14(16(20)21)15(19)18-13(10-23-17(18)22)9-12-6-4-3-5-7-12/h3-7,11,13-14H,8-10H2,1-2H3,(H,20,21)/t13-,14?/m1/s1. The normalized spacial score (nSPS) is 18.8. The lowest BCUT2D eigenvalue weighted by molar-refractivity contribution is -0.150. The number of carboxylic acid groups (broad SMARTS) is 1. The summed E-state index contributed by atoms with van der Waals surface area (Å²) in [6.45, 7) is 3.77. The van der Waals surface area contributed by atoms with E-state index >= 15 is 0 Å². The maximum Gasteiger partial charge on any atom is 0.417 e. The second kappa shape index (κ2) is 7.26. The number of aliphatic carboxylic acids is 1. The fraction of sp³-hybridized carbons (Fsp3) is 0.471. The quantitative estimate of drug-likeness (QED) is 0.814. The van der Waals surface area contributed by atoms with Gasteiger partial charge in [-0.25, -0.2) is 9.69 Å². The van der Waals surface area contributed by atoms with Crippen LogP contribution >= 0.6 is 0 Å². The Hall–Kier alpha value is -2.37. The highest BCUT2D eigenvalue weighted by Gasteiger charge is 2.43. The van der Waals surface area contributed by atoms with Crippen LogP contribution in [-0.2, 0) is 20.7 Å². The predicted octanol–water partition coefficient (Wildman–Crippen LogP) is 2.32. The zero-order valence-corrected chi connectivity index (χ0v) is 13.3. The molecule has 6 nitrogen and oxygen atoms in total. The lowest BCUT2D eigenvalue weighted by atomic mass is 9.95. The molecule has 2 atom stereocenters. The molecule has 6 heteroatoms. The van der Waals surface area contributed by atoms with E-state index in [2.05, 4.69) is 0 Å². The van der Waals surface area contributed by atoms with Gasteiger partial charge in [0.15, 0.2) is 0 Å². The molecule has 1 fully saturated rings. The summed E-state index contributed by atoms with van der Waals surface area (Å²) in [5.74, 6) is -3.08. The molecule has 0 aromatic heterocycles. The number of imide groups is 1. The number of cyclic esters (lactones) is 1. The van der Waals surface area contributed by atoms with E-state index in [1.807, 2.05) is 44.2 Å². The van der Waals surface area contributed by atoms with Crippen LogP contribution in [0.1, 0.15) is 25.8 Å². The van der Waals surface area contributed by atoms with Gasteiger partial charge in [0.25, 0.3) is 0 Å². The highest BCUT2D eigenvalue weighted by molar-refractivity contribution is 6.04. The number of hydrogen-bond acceptors (Lipinski definition) is 4. The molecule has 1 saturated heterocycles. The average molecular weight is 319 g/mol.